The second-order valence-corrected chi connectivity index (χ2v) is 8.95. The Bertz CT molecular complexity index is 756. The number of benzene rings is 1. The van der Waals surface area contributed by atoms with Gasteiger partial charge in [0, 0.05) is 80.6 Å². The average Bonchev–Trinajstić information content (AvgIpc) is 3.14. The number of hydrogen-bond acceptors (Lipinski definition) is 3. The Hall–Kier alpha value is -0.0484. The van der Waals surface area contributed by atoms with E-state index in [4.69, 9.17) is 0 Å². The van der Waals surface area contributed by atoms with Crippen LogP contribution < -0.4 is 0 Å². The predicted octanol–water partition coefficient (Wildman–Crippen LogP) is 5.10. The fourth-order valence-electron chi connectivity index (χ4n) is 4.30. The molecule has 0 N–H and O–H groups in total. The summed E-state index contributed by atoms with van der Waals surface area (Å²) in [6, 6.07) is 10.8. The Balaban J connectivity index is 0.00000225. The molecule has 2 aliphatic rings. The summed E-state index contributed by atoms with van der Waals surface area (Å²) in [4.78, 5) is 16.7. The zero-order valence-corrected chi connectivity index (χ0v) is 22.2. The van der Waals surface area contributed by atoms with Gasteiger partial charge in [0.1, 0.15) is 0 Å². The van der Waals surface area contributed by atoms with Gasteiger partial charge in [0.05, 0.1) is 0 Å². The van der Waals surface area contributed by atoms with Crippen molar-refractivity contribution in [1.29, 1.82) is 0 Å². The number of Topliss-reactive ketones (excluding diaryl/α,β-unsaturated/α-hetero) is 1. The smallest absolute Gasteiger partial charge is 0.162 e. The molecular weight excluding hydrogens is 579 g/mol. The third kappa shape index (κ3) is 6.22. The van der Waals surface area contributed by atoms with Gasteiger partial charge in [-0.15, -0.1) is 24.4 Å². The fourth-order valence-corrected chi connectivity index (χ4v) is 5.04. The topological polar surface area (TPSA) is 34.4 Å². The largest absolute Gasteiger partial charge is 0.662 e. The van der Waals surface area contributed by atoms with E-state index >= 15 is 0 Å². The van der Waals surface area contributed by atoms with Gasteiger partial charge in [-0.05, 0) is 53.8 Å². The molecule has 5 heteroatoms. The molecule has 0 unspecified atom stereocenters. The quantitative estimate of drug-likeness (QED) is 0.429. The number of rotatable bonds is 6. The summed E-state index contributed by atoms with van der Waals surface area (Å²) in [6.45, 7) is 5.20. The molecule has 3 heterocycles. The van der Waals surface area contributed by atoms with Crippen LogP contribution in [0, 0.1) is 50.0 Å². The molecule has 3 nitrogen and oxygen atoms in total. The Kier molecular flexibility index (Phi) is 9.19. The molecule has 0 atom stereocenters. The Labute approximate surface area is 208 Å². The van der Waals surface area contributed by atoms with Crippen molar-refractivity contribution < 1.29 is 48.9 Å². The number of carbonyl (C=O) groups is 1. The molecule has 0 amide bonds. The maximum Gasteiger partial charge on any atom is 0.162 e. The number of nitrogens with zero attached hydrogens (tertiary/aromatic N) is 2. The van der Waals surface area contributed by atoms with E-state index in [9.17, 15) is 4.79 Å². The summed E-state index contributed by atoms with van der Waals surface area (Å²) >= 11 is 1.84. The molecule has 0 bridgehead atoms. The van der Waals surface area contributed by atoms with Crippen molar-refractivity contribution in [3.05, 3.63) is 62.6 Å². The van der Waals surface area contributed by atoms with Crippen molar-refractivity contribution in [3.8, 4) is 0 Å². The van der Waals surface area contributed by atoms with Crippen LogP contribution in [0.25, 0.3) is 5.32 Å². The van der Waals surface area contributed by atoms with E-state index in [0.29, 0.717) is 18.1 Å². The van der Waals surface area contributed by atoms with Crippen LogP contribution in [0.3, 0.4) is 0 Å². The molecule has 0 saturated carbocycles. The Morgan fingerprint density at radius 3 is 2.64 bits per heavy atom. The third-order valence-corrected chi connectivity index (χ3v) is 6.91. The normalized spacial score (nSPS) is 18.1. The first kappa shape index (κ1) is 22.6. The number of thiophene rings is 1. The number of fused-ring (bicyclic) bond motifs is 1. The molecular formula is C23H29AcN2OS-. The maximum atomic E-state index is 12.7. The summed E-state index contributed by atoms with van der Waals surface area (Å²) in [7, 11) is 0. The van der Waals surface area contributed by atoms with Crippen molar-refractivity contribution in [1.82, 2.24) is 4.90 Å². The van der Waals surface area contributed by atoms with E-state index < -0.39 is 0 Å². The summed E-state index contributed by atoms with van der Waals surface area (Å²) in [5, 5.41) is 6.57. The summed E-state index contributed by atoms with van der Waals surface area (Å²) in [6.07, 6.45) is 6.18. The zero-order valence-electron chi connectivity index (χ0n) is 16.6. The van der Waals surface area contributed by atoms with Crippen LogP contribution in [0.15, 0.2) is 35.7 Å². The van der Waals surface area contributed by atoms with Crippen molar-refractivity contribution in [2.45, 2.75) is 45.1 Å². The van der Waals surface area contributed by atoms with Crippen molar-refractivity contribution >= 4 is 17.1 Å². The molecule has 28 heavy (non-hydrogen) atoms. The van der Waals surface area contributed by atoms with E-state index in [1.54, 1.807) is 0 Å². The molecule has 1 fully saturated rings. The zero-order chi connectivity index (χ0) is 18.5. The van der Waals surface area contributed by atoms with E-state index in [2.05, 4.69) is 45.9 Å². The molecule has 4 rings (SSSR count). The van der Waals surface area contributed by atoms with Crippen LogP contribution in [0.1, 0.15) is 52.0 Å². The van der Waals surface area contributed by atoms with Crippen LogP contribution in [0.2, 0.25) is 0 Å². The second-order valence-electron chi connectivity index (χ2n) is 7.92. The van der Waals surface area contributed by atoms with Gasteiger partial charge in [0.15, 0.2) is 5.78 Å². The molecule has 0 aliphatic carbocycles. The maximum absolute atomic E-state index is 12.7. The monoisotopic (exact) mass is 608 g/mol. The Morgan fingerprint density at radius 1 is 1.11 bits per heavy atom. The number of hydrogen-bond donors (Lipinski definition) is 0. The first-order valence-corrected chi connectivity index (χ1v) is 11.2. The van der Waals surface area contributed by atoms with Gasteiger partial charge >= 0.3 is 0 Å². The van der Waals surface area contributed by atoms with Crippen LogP contribution >= 0.6 is 11.3 Å². The average molecular weight is 609 g/mol. The molecule has 1 aromatic heterocycles. The predicted molar refractivity (Wildman–Crippen MR) is 113 cm³/mol. The van der Waals surface area contributed by atoms with Gasteiger partial charge < -0.3 is 5.32 Å². The SMILES string of the molecule is O=C(CCC1CC[N-]CC1)c1ccc2c(c1)CCN(Cc1cccs1)CC2.[Ac]. The Morgan fingerprint density at radius 2 is 1.89 bits per heavy atom. The first-order valence-electron chi connectivity index (χ1n) is 10.3. The van der Waals surface area contributed by atoms with Crippen LogP contribution in [-0.4, -0.2) is 36.9 Å². The second kappa shape index (κ2) is 11.4. The van der Waals surface area contributed by atoms with Gasteiger partial charge in [-0.3, -0.25) is 9.69 Å². The first-order chi connectivity index (χ1) is 13.3. The van der Waals surface area contributed by atoms with Crippen molar-refractivity contribution in [2.24, 2.45) is 5.92 Å². The summed E-state index contributed by atoms with van der Waals surface area (Å²) in [5.41, 5.74) is 3.72. The third-order valence-electron chi connectivity index (χ3n) is 6.05. The van der Waals surface area contributed by atoms with Gasteiger partial charge in [0.2, 0.25) is 0 Å². The van der Waals surface area contributed by atoms with Gasteiger partial charge in [0.25, 0.3) is 0 Å². The molecule has 1 radical (unpaired) electrons. The molecule has 1 saturated heterocycles. The van der Waals surface area contributed by atoms with Gasteiger partial charge in [-0.2, -0.15) is 0 Å². The van der Waals surface area contributed by atoms with Gasteiger partial charge in [-0.1, -0.05) is 31.0 Å². The van der Waals surface area contributed by atoms with Gasteiger partial charge in [-0.25, -0.2) is 0 Å². The van der Waals surface area contributed by atoms with E-state index in [1.165, 1.54) is 16.0 Å². The van der Waals surface area contributed by atoms with Crippen LogP contribution in [-0.2, 0) is 19.4 Å². The molecule has 2 aromatic rings. The van der Waals surface area contributed by atoms with E-state index in [0.717, 1.165) is 70.4 Å². The summed E-state index contributed by atoms with van der Waals surface area (Å²) < 4.78 is 0. The molecule has 147 valence electrons. The van der Waals surface area contributed by atoms with Crippen molar-refractivity contribution in [2.75, 3.05) is 26.2 Å². The minimum atomic E-state index is 0. The van der Waals surface area contributed by atoms with Crippen LogP contribution in [0.4, 0.5) is 0 Å². The minimum Gasteiger partial charge on any atom is -0.662 e. The number of ketones is 1. The van der Waals surface area contributed by atoms with E-state index in [-0.39, 0.29) is 44.1 Å². The molecule has 2 aliphatic heterocycles. The number of piperidine rings is 1. The summed E-state index contributed by atoms with van der Waals surface area (Å²) in [5.74, 6) is 1.01. The number of carbonyl (C=O) groups excluding carboxylic acids is 1. The van der Waals surface area contributed by atoms with Crippen molar-refractivity contribution in [3.63, 3.8) is 0 Å². The van der Waals surface area contributed by atoms with E-state index in [1.807, 2.05) is 11.3 Å². The minimum absolute atomic E-state index is 0. The molecule has 0 spiro atoms. The van der Waals surface area contributed by atoms with Crippen LogP contribution in [0.5, 0.6) is 0 Å². The fraction of sp³-hybridized carbons (Fsp3) is 0.522. The standard InChI is InChI=1S/C23H29N2OS.Ac/c26-23(6-3-18-7-11-24-12-8-18)21-5-4-19-9-13-25(14-10-20(19)16-21)17-22-2-1-15-27-22;/h1-2,4-5,15-16,18H,3,6-14,17H2;/q-1;. The molecule has 1 aromatic carbocycles.